The van der Waals surface area contributed by atoms with Crippen LogP contribution in [0.1, 0.15) is 112 Å². The van der Waals surface area contributed by atoms with Gasteiger partial charge in [-0.3, -0.25) is 13.8 Å². The molecule has 4 aliphatic rings. The summed E-state index contributed by atoms with van der Waals surface area (Å²) in [6, 6.07) is 0. The third-order valence-electron chi connectivity index (χ3n) is 12.4. The molecule has 10 heteroatoms. The lowest BCUT2D eigenvalue weighted by Gasteiger charge is -2.58. The number of hydrogen-bond acceptors (Lipinski definition) is 8. The maximum atomic E-state index is 12.8. The van der Waals surface area contributed by atoms with E-state index in [-0.39, 0.29) is 5.41 Å². The zero-order valence-corrected chi connectivity index (χ0v) is 28.6. The number of carbonyl (C=O) groups excluding carboxylic acids is 1. The first kappa shape index (κ1) is 36.2. The van der Waals surface area contributed by atoms with Gasteiger partial charge in [0, 0.05) is 0 Å². The second kappa shape index (κ2) is 14.2. The van der Waals surface area contributed by atoms with E-state index in [4.69, 9.17) is 9.05 Å². The van der Waals surface area contributed by atoms with Gasteiger partial charge in [-0.05, 0) is 105 Å². The molecule has 0 aromatic carbocycles. The fourth-order valence-electron chi connectivity index (χ4n) is 9.88. The second-order valence-electron chi connectivity index (χ2n) is 15.6. The molecular weight excluding hydrogens is 583 g/mol. The minimum atomic E-state index is -4.59. The third-order valence-corrected chi connectivity index (χ3v) is 13.5. The van der Waals surface area contributed by atoms with E-state index in [1.807, 2.05) is 0 Å². The summed E-state index contributed by atoms with van der Waals surface area (Å²) < 4.78 is 23.3. The molecule has 3 saturated carbocycles. The van der Waals surface area contributed by atoms with Gasteiger partial charge in [0.15, 0.2) is 5.78 Å². The van der Waals surface area contributed by atoms with Crippen molar-refractivity contribution in [3.8, 4) is 0 Å². The van der Waals surface area contributed by atoms with E-state index in [1.54, 1.807) is 0 Å². The Bertz CT molecular complexity index is 1080. The number of fused-ring (bicyclic) bond motifs is 5. The second-order valence-corrected chi connectivity index (χ2v) is 17.0. The van der Waals surface area contributed by atoms with Crippen LogP contribution in [0.4, 0.5) is 0 Å². The predicted molar refractivity (Wildman–Crippen MR) is 168 cm³/mol. The van der Waals surface area contributed by atoms with Crippen molar-refractivity contribution in [3.63, 3.8) is 0 Å². The van der Waals surface area contributed by atoms with Crippen molar-refractivity contribution in [2.24, 2.45) is 46.3 Å². The normalized spacial score (nSPS) is 38.4. The summed E-state index contributed by atoms with van der Waals surface area (Å²) in [5.74, 6) is 3.62. The Kier molecular flexibility index (Phi) is 11.7. The van der Waals surface area contributed by atoms with Crippen LogP contribution < -0.4 is 0 Å². The fourth-order valence-corrected chi connectivity index (χ4v) is 10.8. The molecule has 4 aliphatic carbocycles. The number of ketones is 1. The molecule has 0 heterocycles. The SMILES string of the molecule is CC(=O)C(O)C(O)C(O)C(O)COP(=O)(O)O[C@H]1CC[C@@]2(C)C(=CCC3C2CC[C@@]2(C)C3CC[C@@H]2[C@H](C)CCCC(C)C)C1. The quantitative estimate of drug-likeness (QED) is 0.121. The average molecular weight is 643 g/mol. The Morgan fingerprint density at radius 3 is 2.36 bits per heavy atom. The van der Waals surface area contributed by atoms with Crippen LogP contribution in [0.15, 0.2) is 11.6 Å². The Hall–Kier alpha value is -0.640. The van der Waals surface area contributed by atoms with E-state index in [1.165, 1.54) is 50.5 Å². The van der Waals surface area contributed by atoms with E-state index < -0.39 is 50.7 Å². The molecule has 254 valence electrons. The van der Waals surface area contributed by atoms with E-state index in [9.17, 15) is 34.7 Å². The molecule has 0 spiro atoms. The molecule has 9 nitrogen and oxygen atoms in total. The number of hydrogen-bond donors (Lipinski definition) is 5. The molecule has 0 aliphatic heterocycles. The van der Waals surface area contributed by atoms with E-state index in [0.29, 0.717) is 30.1 Å². The maximum Gasteiger partial charge on any atom is 0.472 e. The van der Waals surface area contributed by atoms with Crippen molar-refractivity contribution in [2.75, 3.05) is 6.61 Å². The number of Topliss-reactive ketones (excluding diaryl/α,β-unsaturated/α-hetero) is 1. The molecule has 44 heavy (non-hydrogen) atoms. The first-order valence-electron chi connectivity index (χ1n) is 17.1. The summed E-state index contributed by atoms with van der Waals surface area (Å²) in [4.78, 5) is 21.7. The number of carbonyl (C=O) groups is 1. The van der Waals surface area contributed by atoms with E-state index >= 15 is 0 Å². The highest BCUT2D eigenvalue weighted by molar-refractivity contribution is 7.47. The Morgan fingerprint density at radius 2 is 1.70 bits per heavy atom. The predicted octanol–water partition coefficient (Wildman–Crippen LogP) is 5.56. The first-order chi connectivity index (χ1) is 20.5. The zero-order valence-electron chi connectivity index (χ0n) is 27.7. The summed E-state index contributed by atoms with van der Waals surface area (Å²) in [7, 11) is -4.59. The Morgan fingerprint density at radius 1 is 1.00 bits per heavy atom. The van der Waals surface area contributed by atoms with Crippen LogP contribution in [0.5, 0.6) is 0 Å². The van der Waals surface area contributed by atoms with Crippen LogP contribution in [-0.4, -0.2) is 68.2 Å². The summed E-state index contributed by atoms with van der Waals surface area (Å²) in [6.07, 6.45) is 6.56. The molecular formula is C34H59O9P. The van der Waals surface area contributed by atoms with Crippen LogP contribution in [0.3, 0.4) is 0 Å². The summed E-state index contributed by atoms with van der Waals surface area (Å²) in [5, 5.41) is 39.7. The third kappa shape index (κ3) is 7.57. The first-order valence-corrected chi connectivity index (χ1v) is 18.6. The molecule has 0 radical (unpaired) electrons. The smallest absolute Gasteiger partial charge is 0.388 e. The van der Waals surface area contributed by atoms with Gasteiger partial charge in [0.05, 0.1) is 12.7 Å². The van der Waals surface area contributed by atoms with Gasteiger partial charge in [0.25, 0.3) is 0 Å². The largest absolute Gasteiger partial charge is 0.472 e. The lowest BCUT2D eigenvalue weighted by molar-refractivity contribution is -0.145. The lowest BCUT2D eigenvalue weighted by Crippen LogP contribution is -2.51. The highest BCUT2D eigenvalue weighted by Crippen LogP contribution is 2.67. The topological polar surface area (TPSA) is 154 Å². The molecule has 0 aromatic heterocycles. The molecule has 8 unspecified atom stereocenters. The van der Waals surface area contributed by atoms with Crippen LogP contribution in [0.2, 0.25) is 0 Å². The van der Waals surface area contributed by atoms with Crippen LogP contribution >= 0.6 is 7.82 Å². The van der Waals surface area contributed by atoms with Gasteiger partial charge >= 0.3 is 7.82 Å². The van der Waals surface area contributed by atoms with Crippen molar-refractivity contribution in [1.82, 2.24) is 0 Å². The van der Waals surface area contributed by atoms with Gasteiger partial charge in [-0.25, -0.2) is 4.57 Å². The van der Waals surface area contributed by atoms with E-state index in [2.05, 4.69) is 40.7 Å². The molecule has 0 aromatic rings. The van der Waals surface area contributed by atoms with Crippen LogP contribution in [0, 0.1) is 46.3 Å². The average Bonchev–Trinajstić information content (AvgIpc) is 3.31. The number of allylic oxidation sites excluding steroid dienone is 1. The van der Waals surface area contributed by atoms with Gasteiger partial charge in [-0.1, -0.05) is 65.5 Å². The van der Waals surface area contributed by atoms with Gasteiger partial charge < -0.3 is 25.3 Å². The standard InChI is InChI=1S/C34H59O9P/c1-20(2)8-7-9-21(3)26-12-13-27-25-11-10-23-18-24(14-16-33(23,5)28(25)15-17-34(26,27)6)43-44(40,41)42-19-29(36)31(38)32(39)30(37)22(4)35/h10,20-21,24-32,36-39H,7-9,11-19H2,1-6H3,(H,40,41)/t21-,24+,25?,26-,27?,28?,29?,30?,31?,32?,33+,34-/m1/s1. The number of rotatable bonds is 14. The molecule has 0 amide bonds. The highest BCUT2D eigenvalue weighted by Gasteiger charge is 2.59. The Balaban J connectivity index is 1.34. The van der Waals surface area contributed by atoms with Crippen molar-refractivity contribution < 1.29 is 43.7 Å². The van der Waals surface area contributed by atoms with Crippen molar-refractivity contribution in [3.05, 3.63) is 11.6 Å². The van der Waals surface area contributed by atoms with E-state index in [0.717, 1.165) is 43.4 Å². The molecule has 4 rings (SSSR count). The molecule has 5 N–H and O–H groups in total. The summed E-state index contributed by atoms with van der Waals surface area (Å²) in [5.41, 5.74) is 1.78. The molecule has 3 fully saturated rings. The minimum absolute atomic E-state index is 0.0549. The fraction of sp³-hybridized carbons (Fsp3) is 0.912. The number of phosphoric acid groups is 1. The van der Waals surface area contributed by atoms with Gasteiger partial charge in [0.2, 0.25) is 0 Å². The maximum absolute atomic E-state index is 12.8. The molecule has 13 atom stereocenters. The Labute approximate surface area is 264 Å². The highest BCUT2D eigenvalue weighted by atomic mass is 31.2. The van der Waals surface area contributed by atoms with Crippen LogP contribution in [0.25, 0.3) is 0 Å². The van der Waals surface area contributed by atoms with Gasteiger partial charge in [-0.15, -0.1) is 0 Å². The van der Waals surface area contributed by atoms with Crippen molar-refractivity contribution >= 4 is 13.6 Å². The van der Waals surface area contributed by atoms with Gasteiger partial charge in [-0.2, -0.15) is 0 Å². The summed E-state index contributed by atoms with van der Waals surface area (Å²) in [6.45, 7) is 12.3. The van der Waals surface area contributed by atoms with Crippen LogP contribution in [-0.2, 0) is 18.4 Å². The summed E-state index contributed by atoms with van der Waals surface area (Å²) >= 11 is 0. The van der Waals surface area contributed by atoms with Crippen molar-refractivity contribution in [1.29, 1.82) is 0 Å². The number of phosphoric ester groups is 1. The minimum Gasteiger partial charge on any atom is -0.388 e. The molecule has 0 bridgehead atoms. The van der Waals surface area contributed by atoms with Crippen molar-refractivity contribution in [2.45, 2.75) is 143 Å². The monoisotopic (exact) mass is 642 g/mol. The zero-order chi connectivity index (χ0) is 32.6. The lowest BCUT2D eigenvalue weighted by atomic mass is 9.47. The number of aliphatic hydroxyl groups excluding tert-OH is 4. The molecule has 0 saturated heterocycles. The van der Waals surface area contributed by atoms with Gasteiger partial charge in [0.1, 0.15) is 24.4 Å². The number of aliphatic hydroxyl groups is 4.